The lowest BCUT2D eigenvalue weighted by Crippen LogP contribution is -2.21. The molecule has 0 bridgehead atoms. The molecule has 2 aromatic carbocycles. The van der Waals surface area contributed by atoms with Crippen molar-refractivity contribution < 1.29 is 17.5 Å². The second kappa shape index (κ2) is 6.69. The van der Waals surface area contributed by atoms with E-state index >= 15 is 0 Å². The van der Waals surface area contributed by atoms with Crippen LogP contribution in [0.15, 0.2) is 48.5 Å². The number of benzene rings is 2. The highest BCUT2D eigenvalue weighted by molar-refractivity contribution is 7.88. The average Bonchev–Trinajstić information content (AvgIpc) is 2.45. The molecule has 0 aromatic heterocycles. The van der Waals surface area contributed by atoms with Gasteiger partial charge in [0.1, 0.15) is 18.2 Å². The third-order valence-corrected chi connectivity index (χ3v) is 3.45. The Hall–Kier alpha value is -1.92. The predicted octanol–water partition coefficient (Wildman–Crippen LogP) is 2.45. The minimum atomic E-state index is -3.19. The second-order valence-electron chi connectivity index (χ2n) is 4.65. The molecule has 0 spiro atoms. The zero-order chi connectivity index (χ0) is 15.3. The summed E-state index contributed by atoms with van der Waals surface area (Å²) in [5.74, 6) is 0.393. The van der Waals surface area contributed by atoms with Gasteiger partial charge in [0.25, 0.3) is 0 Å². The lowest BCUT2D eigenvalue weighted by Gasteiger charge is -2.08. The molecular weight excluding hydrogens is 293 g/mol. The molecule has 0 radical (unpaired) electrons. The number of hydrogen-bond donors (Lipinski definition) is 1. The fourth-order valence-electron chi connectivity index (χ4n) is 1.67. The highest BCUT2D eigenvalue weighted by atomic mass is 32.2. The number of rotatable bonds is 6. The number of hydrogen-bond acceptors (Lipinski definition) is 3. The van der Waals surface area contributed by atoms with Gasteiger partial charge in [-0.25, -0.2) is 17.5 Å². The summed E-state index contributed by atoms with van der Waals surface area (Å²) in [7, 11) is -3.19. The summed E-state index contributed by atoms with van der Waals surface area (Å²) in [6.45, 7) is 0.596. The van der Waals surface area contributed by atoms with Gasteiger partial charge in [-0.3, -0.25) is 0 Å². The first-order valence-electron chi connectivity index (χ1n) is 6.33. The minimum absolute atomic E-state index is 0.247. The highest BCUT2D eigenvalue weighted by Gasteiger charge is 2.02. The van der Waals surface area contributed by atoms with Gasteiger partial charge in [0.2, 0.25) is 10.0 Å². The van der Waals surface area contributed by atoms with Crippen LogP contribution in [0.1, 0.15) is 11.1 Å². The van der Waals surface area contributed by atoms with Crippen molar-refractivity contribution in [3.05, 3.63) is 65.5 Å². The first kappa shape index (κ1) is 15.5. The molecule has 0 aliphatic carbocycles. The van der Waals surface area contributed by atoms with Crippen molar-refractivity contribution in [3.63, 3.8) is 0 Å². The molecule has 0 aliphatic rings. The normalized spacial score (nSPS) is 11.3. The Bertz CT molecular complexity index is 682. The van der Waals surface area contributed by atoms with E-state index in [1.807, 2.05) is 0 Å². The number of nitrogens with one attached hydrogen (secondary N) is 1. The van der Waals surface area contributed by atoms with E-state index in [4.69, 9.17) is 4.74 Å². The van der Waals surface area contributed by atoms with Crippen molar-refractivity contribution in [2.75, 3.05) is 6.26 Å². The van der Waals surface area contributed by atoms with Crippen LogP contribution in [-0.4, -0.2) is 14.7 Å². The highest BCUT2D eigenvalue weighted by Crippen LogP contribution is 2.14. The van der Waals surface area contributed by atoms with Crippen LogP contribution in [0.5, 0.6) is 5.75 Å². The van der Waals surface area contributed by atoms with E-state index < -0.39 is 10.0 Å². The van der Waals surface area contributed by atoms with Crippen LogP contribution in [-0.2, 0) is 23.2 Å². The fraction of sp³-hybridized carbons (Fsp3) is 0.200. The van der Waals surface area contributed by atoms with Crippen molar-refractivity contribution in [3.8, 4) is 5.75 Å². The van der Waals surface area contributed by atoms with Gasteiger partial charge in [0.05, 0.1) is 6.26 Å². The van der Waals surface area contributed by atoms with Crippen molar-refractivity contribution in [2.45, 2.75) is 13.2 Å². The average molecular weight is 309 g/mol. The van der Waals surface area contributed by atoms with E-state index in [0.29, 0.717) is 12.4 Å². The van der Waals surface area contributed by atoms with E-state index in [9.17, 15) is 12.8 Å². The summed E-state index contributed by atoms with van der Waals surface area (Å²) < 4.78 is 42.7. The first-order chi connectivity index (χ1) is 9.92. The van der Waals surface area contributed by atoms with E-state index in [-0.39, 0.29) is 12.4 Å². The molecule has 4 nitrogen and oxygen atoms in total. The maximum atomic E-state index is 12.8. The van der Waals surface area contributed by atoms with Gasteiger partial charge in [0.15, 0.2) is 0 Å². The molecule has 112 valence electrons. The topological polar surface area (TPSA) is 55.4 Å². The fourth-order valence-corrected chi connectivity index (χ4v) is 2.09. The van der Waals surface area contributed by atoms with Crippen LogP contribution < -0.4 is 9.46 Å². The van der Waals surface area contributed by atoms with Crippen LogP contribution in [0.25, 0.3) is 0 Å². The van der Waals surface area contributed by atoms with Gasteiger partial charge < -0.3 is 4.74 Å². The Morgan fingerprint density at radius 1 is 1.00 bits per heavy atom. The Kier molecular flexibility index (Phi) is 4.93. The summed E-state index contributed by atoms with van der Waals surface area (Å²) in [6.07, 6.45) is 1.12. The van der Waals surface area contributed by atoms with Gasteiger partial charge >= 0.3 is 0 Å². The summed E-state index contributed by atoms with van der Waals surface area (Å²) in [6, 6.07) is 13.2. The largest absolute Gasteiger partial charge is 0.489 e. The maximum Gasteiger partial charge on any atom is 0.209 e. The van der Waals surface area contributed by atoms with Crippen LogP contribution in [0.3, 0.4) is 0 Å². The molecule has 0 amide bonds. The molecule has 1 N–H and O–H groups in total. The number of ether oxygens (including phenoxy) is 1. The lowest BCUT2D eigenvalue weighted by molar-refractivity contribution is 0.306. The molecular formula is C15H16FNO3S. The molecule has 21 heavy (non-hydrogen) atoms. The van der Waals surface area contributed by atoms with Gasteiger partial charge in [-0.15, -0.1) is 0 Å². The Morgan fingerprint density at radius 2 is 1.57 bits per heavy atom. The van der Waals surface area contributed by atoms with Crippen LogP contribution >= 0.6 is 0 Å². The molecule has 0 heterocycles. The SMILES string of the molecule is CS(=O)(=O)NCc1ccc(OCc2ccc(F)cc2)cc1. The van der Waals surface area contributed by atoms with Crippen LogP contribution in [0, 0.1) is 5.82 Å². The quantitative estimate of drug-likeness (QED) is 0.892. The predicted molar refractivity (Wildman–Crippen MR) is 78.9 cm³/mol. The molecule has 0 aliphatic heterocycles. The van der Waals surface area contributed by atoms with Crippen molar-refractivity contribution >= 4 is 10.0 Å². The Labute approximate surface area is 123 Å². The third kappa shape index (κ3) is 5.53. The van der Waals surface area contributed by atoms with E-state index in [1.165, 1.54) is 12.1 Å². The van der Waals surface area contributed by atoms with Gasteiger partial charge in [-0.05, 0) is 35.4 Å². The zero-order valence-electron chi connectivity index (χ0n) is 11.5. The van der Waals surface area contributed by atoms with Crippen molar-refractivity contribution in [1.29, 1.82) is 0 Å². The van der Waals surface area contributed by atoms with E-state index in [2.05, 4.69) is 4.72 Å². The second-order valence-corrected chi connectivity index (χ2v) is 6.49. The van der Waals surface area contributed by atoms with Crippen molar-refractivity contribution in [2.24, 2.45) is 0 Å². The van der Waals surface area contributed by atoms with Crippen molar-refractivity contribution in [1.82, 2.24) is 4.72 Å². The maximum absolute atomic E-state index is 12.8. The molecule has 0 atom stereocenters. The summed E-state index contributed by atoms with van der Waals surface area (Å²) >= 11 is 0. The zero-order valence-corrected chi connectivity index (χ0v) is 12.4. The molecule has 2 rings (SSSR count). The minimum Gasteiger partial charge on any atom is -0.489 e. The van der Waals surface area contributed by atoms with Gasteiger partial charge in [0, 0.05) is 6.54 Å². The van der Waals surface area contributed by atoms with E-state index in [0.717, 1.165) is 17.4 Å². The van der Waals surface area contributed by atoms with Crippen LogP contribution in [0.4, 0.5) is 4.39 Å². The Balaban J connectivity index is 1.89. The first-order valence-corrected chi connectivity index (χ1v) is 8.22. The Morgan fingerprint density at radius 3 is 2.14 bits per heavy atom. The van der Waals surface area contributed by atoms with E-state index in [1.54, 1.807) is 36.4 Å². The molecule has 0 unspecified atom stereocenters. The summed E-state index contributed by atoms with van der Waals surface area (Å²) in [5.41, 5.74) is 1.72. The number of sulfonamides is 1. The molecule has 0 saturated heterocycles. The molecule has 2 aromatic rings. The monoisotopic (exact) mass is 309 g/mol. The molecule has 0 fully saturated rings. The number of halogens is 1. The summed E-state index contributed by atoms with van der Waals surface area (Å²) in [5, 5.41) is 0. The summed E-state index contributed by atoms with van der Waals surface area (Å²) in [4.78, 5) is 0. The molecule has 0 saturated carbocycles. The third-order valence-electron chi connectivity index (χ3n) is 2.78. The smallest absolute Gasteiger partial charge is 0.209 e. The lowest BCUT2D eigenvalue weighted by atomic mass is 10.2. The van der Waals surface area contributed by atoms with Gasteiger partial charge in [-0.2, -0.15) is 0 Å². The van der Waals surface area contributed by atoms with Crippen LogP contribution in [0.2, 0.25) is 0 Å². The molecule has 6 heteroatoms. The van der Waals surface area contributed by atoms with Gasteiger partial charge in [-0.1, -0.05) is 24.3 Å². The standard InChI is InChI=1S/C15H16FNO3S/c1-21(18,19)17-10-12-4-8-15(9-5-12)20-11-13-2-6-14(16)7-3-13/h2-9,17H,10-11H2,1H3.